The summed E-state index contributed by atoms with van der Waals surface area (Å²) in [4.78, 5) is 17.1. The van der Waals surface area contributed by atoms with E-state index in [1.807, 2.05) is 31.1 Å². The van der Waals surface area contributed by atoms with Gasteiger partial charge in [0.25, 0.3) is 0 Å². The molecule has 2 aromatic carbocycles. The van der Waals surface area contributed by atoms with E-state index in [2.05, 4.69) is 4.90 Å². The van der Waals surface area contributed by atoms with Gasteiger partial charge in [0.2, 0.25) is 0 Å². The second-order valence-electron chi connectivity index (χ2n) is 8.97. The van der Waals surface area contributed by atoms with Gasteiger partial charge in [-0.3, -0.25) is 0 Å². The number of phenols is 2. The van der Waals surface area contributed by atoms with Crippen molar-refractivity contribution in [2.75, 3.05) is 26.2 Å². The second-order valence-corrected chi connectivity index (χ2v) is 10.0. The predicted molar refractivity (Wildman–Crippen MR) is 144 cm³/mol. The van der Waals surface area contributed by atoms with Gasteiger partial charge in [0.15, 0.2) is 0 Å². The van der Waals surface area contributed by atoms with Crippen molar-refractivity contribution in [3.63, 3.8) is 0 Å². The number of ketones is 1. The first-order valence-electron chi connectivity index (χ1n) is 12.1. The molecular formula is C28H28BNO4S. The van der Waals surface area contributed by atoms with E-state index in [1.165, 1.54) is 30.6 Å². The Balaban J connectivity index is 1.37. The zero-order valence-electron chi connectivity index (χ0n) is 19.5. The van der Waals surface area contributed by atoms with Crippen molar-refractivity contribution >= 4 is 40.1 Å². The summed E-state index contributed by atoms with van der Waals surface area (Å²) in [5.41, 5.74) is 2.03. The number of fused-ring (bicyclic) bond motifs is 1. The molecule has 0 radical (unpaired) electrons. The second kappa shape index (κ2) is 10.7. The van der Waals surface area contributed by atoms with E-state index in [9.17, 15) is 15.0 Å². The minimum atomic E-state index is -0.172. The summed E-state index contributed by atoms with van der Waals surface area (Å²) >= 11 is 1.46. The number of Topliss-reactive ketones (excluding diaryl/α,β-unsaturated/α-hetero) is 1. The zero-order chi connectivity index (χ0) is 24.2. The van der Waals surface area contributed by atoms with Crippen molar-refractivity contribution in [1.82, 2.24) is 4.90 Å². The molecule has 1 aromatic heterocycles. The van der Waals surface area contributed by atoms with Crippen molar-refractivity contribution in [3.05, 3.63) is 71.8 Å². The maximum absolute atomic E-state index is 13.8. The zero-order valence-corrected chi connectivity index (χ0v) is 20.3. The Hall–Kier alpha value is -3.00. The number of rotatable bonds is 7. The molecule has 1 atom stereocenters. The predicted octanol–water partition coefficient (Wildman–Crippen LogP) is 4.99. The SMILES string of the molecule is O=C(C1=CC=BC(OCCN2CCCCC2)C=C1)c1c(-c2ccc(O)cc2)sc2cc(O)ccc12. The number of benzene rings is 2. The third kappa shape index (κ3) is 5.48. The topological polar surface area (TPSA) is 70.0 Å². The Labute approximate surface area is 209 Å². The number of carbonyl (C=O) groups is 1. The average molecular weight is 485 g/mol. The average Bonchev–Trinajstić information content (AvgIpc) is 3.07. The number of piperidine rings is 1. The molecule has 2 aliphatic rings. The van der Waals surface area contributed by atoms with Crippen molar-refractivity contribution in [2.45, 2.75) is 25.3 Å². The third-order valence-corrected chi connectivity index (χ3v) is 7.70. The van der Waals surface area contributed by atoms with Crippen LogP contribution >= 0.6 is 11.3 Å². The van der Waals surface area contributed by atoms with Gasteiger partial charge in [0.05, 0.1) is 0 Å². The number of hydrogen-bond donors (Lipinski definition) is 2. The Morgan fingerprint density at radius 2 is 1.83 bits per heavy atom. The van der Waals surface area contributed by atoms with E-state index in [0.29, 0.717) is 17.7 Å². The van der Waals surface area contributed by atoms with Gasteiger partial charge in [-0.05, 0) is 0 Å². The van der Waals surface area contributed by atoms with Crippen molar-refractivity contribution in [1.29, 1.82) is 0 Å². The quantitative estimate of drug-likeness (QED) is 0.365. The van der Waals surface area contributed by atoms with Gasteiger partial charge in [-0.2, -0.15) is 0 Å². The van der Waals surface area contributed by atoms with Crippen LogP contribution in [0.1, 0.15) is 29.6 Å². The normalized spacial score (nSPS) is 18.3. The van der Waals surface area contributed by atoms with Gasteiger partial charge in [-0.15, -0.1) is 0 Å². The third-order valence-electron chi connectivity index (χ3n) is 6.50. The molecule has 1 fully saturated rings. The van der Waals surface area contributed by atoms with E-state index >= 15 is 0 Å². The number of thiophene rings is 1. The van der Waals surface area contributed by atoms with Gasteiger partial charge in [0.1, 0.15) is 0 Å². The standard InChI is InChI=1S/C28H28BNO4S/c31-21-7-4-20(5-8-21)28-26(23-10-9-22(32)18-24(23)35-28)27(33)19-6-11-25(29-13-12-19)34-17-16-30-14-2-1-3-15-30/h4-13,18,25,31-32H,1-3,14-17H2. The molecule has 2 aliphatic heterocycles. The molecule has 3 aromatic rings. The number of carbonyl (C=O) groups excluding carboxylic acids is 1. The van der Waals surface area contributed by atoms with E-state index in [0.717, 1.165) is 40.2 Å². The number of hydrogen-bond acceptors (Lipinski definition) is 6. The fourth-order valence-electron chi connectivity index (χ4n) is 4.62. The molecule has 0 amide bonds. The van der Waals surface area contributed by atoms with Crippen molar-refractivity contribution in [3.8, 4) is 21.9 Å². The minimum absolute atomic E-state index is 0.0834. The molecule has 0 aliphatic carbocycles. The Morgan fingerprint density at radius 3 is 2.63 bits per heavy atom. The van der Waals surface area contributed by atoms with Crippen LogP contribution < -0.4 is 0 Å². The summed E-state index contributed by atoms with van der Waals surface area (Å²) in [5, 5.41) is 20.5. The summed E-state index contributed by atoms with van der Waals surface area (Å²) in [6.45, 7) is 5.86. The van der Waals surface area contributed by atoms with Gasteiger partial charge in [-0.1, -0.05) is 0 Å². The number of ether oxygens (including phenoxy) is 1. The molecule has 7 heteroatoms. The Bertz CT molecular complexity index is 1300. The van der Waals surface area contributed by atoms with Crippen LogP contribution in [0, 0.1) is 0 Å². The van der Waals surface area contributed by atoms with Crippen LogP contribution in [-0.4, -0.2) is 66.0 Å². The van der Waals surface area contributed by atoms with Crippen LogP contribution in [0.25, 0.3) is 20.5 Å². The van der Waals surface area contributed by atoms with Gasteiger partial charge in [-0.25, -0.2) is 0 Å². The molecular weight excluding hydrogens is 457 g/mol. The summed E-state index contributed by atoms with van der Waals surface area (Å²) in [5.74, 6) is 2.14. The number of aromatic hydroxyl groups is 2. The van der Waals surface area contributed by atoms with Crippen LogP contribution in [-0.2, 0) is 4.74 Å². The molecule has 0 bridgehead atoms. The molecule has 5 rings (SSSR count). The number of likely N-dealkylation sites (tertiary alicyclic amines) is 1. The van der Waals surface area contributed by atoms with Gasteiger partial charge in [0, 0.05) is 0 Å². The molecule has 0 saturated carbocycles. The van der Waals surface area contributed by atoms with Gasteiger partial charge < -0.3 is 0 Å². The van der Waals surface area contributed by atoms with Crippen LogP contribution in [0.2, 0.25) is 0 Å². The number of nitrogens with zero attached hydrogens (tertiary/aromatic N) is 1. The van der Waals surface area contributed by atoms with E-state index in [-0.39, 0.29) is 23.3 Å². The fourth-order valence-corrected chi connectivity index (χ4v) is 5.86. The molecule has 5 nitrogen and oxygen atoms in total. The first kappa shape index (κ1) is 23.7. The monoisotopic (exact) mass is 485 g/mol. The first-order valence-corrected chi connectivity index (χ1v) is 12.9. The van der Waals surface area contributed by atoms with Crippen LogP contribution in [0.5, 0.6) is 11.5 Å². The Morgan fingerprint density at radius 1 is 1.06 bits per heavy atom. The molecule has 35 heavy (non-hydrogen) atoms. The molecule has 1 saturated heterocycles. The molecule has 3 heterocycles. The van der Waals surface area contributed by atoms with Crippen LogP contribution in [0.15, 0.2) is 66.3 Å². The summed E-state index contributed by atoms with van der Waals surface area (Å²) in [6.07, 6.45) is 9.46. The molecule has 1 unspecified atom stereocenters. The number of phenolic OH excluding ortho intramolecular Hbond substituents is 2. The van der Waals surface area contributed by atoms with Crippen LogP contribution in [0.4, 0.5) is 0 Å². The van der Waals surface area contributed by atoms with E-state index in [1.54, 1.807) is 42.5 Å². The molecule has 2 N–H and O–H groups in total. The summed E-state index contributed by atoms with van der Waals surface area (Å²) in [7, 11) is 0. The molecule has 0 spiro atoms. The number of allylic oxidation sites excluding steroid dienone is 3. The van der Waals surface area contributed by atoms with Gasteiger partial charge >= 0.3 is 210 Å². The van der Waals surface area contributed by atoms with Crippen molar-refractivity contribution in [2.24, 2.45) is 0 Å². The summed E-state index contributed by atoms with van der Waals surface area (Å²) < 4.78 is 6.90. The first-order chi connectivity index (χ1) is 17.1. The Kier molecular flexibility index (Phi) is 7.28. The van der Waals surface area contributed by atoms with E-state index < -0.39 is 0 Å². The molecule has 178 valence electrons. The fraction of sp³-hybridized carbons (Fsp3) is 0.286. The van der Waals surface area contributed by atoms with E-state index in [4.69, 9.17) is 4.74 Å². The van der Waals surface area contributed by atoms with Crippen LogP contribution in [0.3, 0.4) is 0 Å². The maximum atomic E-state index is 13.8. The van der Waals surface area contributed by atoms with Crippen molar-refractivity contribution < 1.29 is 19.7 Å². The summed E-state index contributed by atoms with van der Waals surface area (Å²) in [6, 6.07) is 11.8.